The van der Waals surface area contributed by atoms with Gasteiger partial charge in [-0.1, -0.05) is 0 Å². The van der Waals surface area contributed by atoms with Gasteiger partial charge in [0.1, 0.15) is 11.5 Å². The number of aliphatic imine (C=N–C) groups is 1. The van der Waals surface area contributed by atoms with E-state index in [1.54, 1.807) is 18.2 Å². The van der Waals surface area contributed by atoms with Gasteiger partial charge in [-0.15, -0.1) is 0 Å². The first-order valence-corrected chi connectivity index (χ1v) is 5.74. The smallest absolute Gasteiger partial charge is 0.198 e. The molecule has 2 rings (SSSR count). The number of nitrogens with two attached hydrogens (primary N) is 3. The molecule has 0 aromatic heterocycles. The molecule has 0 unspecified atom stereocenters. The lowest BCUT2D eigenvalue weighted by molar-refractivity contribution is 0.478. The summed E-state index contributed by atoms with van der Waals surface area (Å²) in [6.45, 7) is 0. The lowest BCUT2D eigenvalue weighted by atomic mass is 10.2. The fourth-order valence-electron chi connectivity index (χ4n) is 1.54. The molecule has 0 saturated heterocycles. The monoisotopic (exact) mass is 273 g/mol. The van der Waals surface area contributed by atoms with Crippen molar-refractivity contribution in [3.63, 3.8) is 0 Å². The number of guanidine groups is 1. The van der Waals surface area contributed by atoms with Crippen molar-refractivity contribution in [3.8, 4) is 11.5 Å². The molecular formula is C13H15N5O2. The van der Waals surface area contributed by atoms with Crippen LogP contribution in [0.4, 0.5) is 22.7 Å². The molecule has 0 aliphatic carbocycles. The van der Waals surface area contributed by atoms with Gasteiger partial charge in [-0.25, -0.2) is 4.99 Å². The van der Waals surface area contributed by atoms with Crippen molar-refractivity contribution in [3.05, 3.63) is 36.4 Å². The van der Waals surface area contributed by atoms with Crippen LogP contribution >= 0.6 is 0 Å². The Kier molecular flexibility index (Phi) is 3.52. The second-order valence-corrected chi connectivity index (χ2v) is 4.14. The van der Waals surface area contributed by atoms with Crippen molar-refractivity contribution in [2.24, 2.45) is 10.7 Å². The molecule has 0 aliphatic heterocycles. The van der Waals surface area contributed by atoms with Crippen LogP contribution in [0.3, 0.4) is 0 Å². The van der Waals surface area contributed by atoms with Gasteiger partial charge in [-0.2, -0.15) is 0 Å². The van der Waals surface area contributed by atoms with Gasteiger partial charge in [0.05, 0.1) is 17.1 Å². The Morgan fingerprint density at radius 1 is 0.950 bits per heavy atom. The Morgan fingerprint density at radius 3 is 2.15 bits per heavy atom. The largest absolute Gasteiger partial charge is 0.506 e. The normalized spacial score (nSPS) is 11.3. The van der Waals surface area contributed by atoms with Gasteiger partial charge in [-0.05, 0) is 24.3 Å². The Labute approximate surface area is 115 Å². The van der Waals surface area contributed by atoms with Gasteiger partial charge < -0.3 is 32.7 Å². The first-order valence-electron chi connectivity index (χ1n) is 5.74. The Hall–Kier alpha value is -3.09. The number of aromatic hydroxyl groups is 2. The second kappa shape index (κ2) is 5.27. The number of nitrogens with zero attached hydrogens (tertiary/aromatic N) is 1. The summed E-state index contributed by atoms with van der Waals surface area (Å²) in [5, 5.41) is 21.7. The van der Waals surface area contributed by atoms with E-state index >= 15 is 0 Å². The van der Waals surface area contributed by atoms with Crippen molar-refractivity contribution >= 4 is 28.7 Å². The Balaban J connectivity index is 2.17. The molecule has 2 aromatic rings. The van der Waals surface area contributed by atoms with Gasteiger partial charge in [0.15, 0.2) is 5.96 Å². The van der Waals surface area contributed by atoms with Gasteiger partial charge in [0.2, 0.25) is 0 Å². The number of nitrogen functional groups attached to an aromatic ring is 2. The van der Waals surface area contributed by atoms with E-state index in [-0.39, 0.29) is 28.8 Å². The van der Waals surface area contributed by atoms with Crippen LogP contribution in [0.15, 0.2) is 41.4 Å². The topological polar surface area (TPSA) is 143 Å². The average Bonchev–Trinajstić information content (AvgIpc) is 2.38. The summed E-state index contributed by atoms with van der Waals surface area (Å²) in [6.07, 6.45) is 0. The van der Waals surface area contributed by atoms with Crippen molar-refractivity contribution < 1.29 is 10.2 Å². The third kappa shape index (κ3) is 3.02. The summed E-state index contributed by atoms with van der Waals surface area (Å²) in [6, 6.07) is 9.15. The molecule has 0 amide bonds. The summed E-state index contributed by atoms with van der Waals surface area (Å²) in [4.78, 5) is 4.06. The highest BCUT2D eigenvalue weighted by Gasteiger charge is 2.02. The molecular weight excluding hydrogens is 258 g/mol. The highest BCUT2D eigenvalue weighted by molar-refractivity contribution is 5.94. The third-order valence-electron chi connectivity index (χ3n) is 2.57. The molecule has 104 valence electrons. The van der Waals surface area contributed by atoms with E-state index in [0.717, 1.165) is 0 Å². The molecule has 0 radical (unpaired) electrons. The van der Waals surface area contributed by atoms with E-state index in [9.17, 15) is 10.2 Å². The molecule has 7 heteroatoms. The Morgan fingerprint density at radius 2 is 1.55 bits per heavy atom. The highest BCUT2D eigenvalue weighted by atomic mass is 16.3. The molecule has 0 spiro atoms. The summed E-state index contributed by atoms with van der Waals surface area (Å²) in [7, 11) is 0. The van der Waals surface area contributed by atoms with Crippen molar-refractivity contribution in [2.75, 3.05) is 16.8 Å². The lowest BCUT2D eigenvalue weighted by Gasteiger charge is -2.07. The lowest BCUT2D eigenvalue weighted by Crippen LogP contribution is -2.21. The quantitative estimate of drug-likeness (QED) is 0.211. The van der Waals surface area contributed by atoms with Crippen LogP contribution in [0, 0.1) is 0 Å². The number of hydrogen-bond donors (Lipinski definition) is 6. The number of nitrogens with one attached hydrogen (secondary N) is 1. The Bertz CT molecular complexity index is 670. The maximum Gasteiger partial charge on any atom is 0.198 e. The van der Waals surface area contributed by atoms with E-state index < -0.39 is 0 Å². The van der Waals surface area contributed by atoms with E-state index in [4.69, 9.17) is 17.2 Å². The van der Waals surface area contributed by atoms with Crippen LogP contribution in [0.1, 0.15) is 0 Å². The molecule has 0 saturated carbocycles. The predicted octanol–water partition coefficient (Wildman–Crippen LogP) is 1.32. The minimum Gasteiger partial charge on any atom is -0.506 e. The summed E-state index contributed by atoms with van der Waals surface area (Å²) in [5.41, 5.74) is 18.2. The number of phenolic OH excluding ortho intramolecular Hbond substituents is 2. The number of anilines is 3. The van der Waals surface area contributed by atoms with Crippen LogP contribution < -0.4 is 22.5 Å². The zero-order chi connectivity index (χ0) is 14.7. The van der Waals surface area contributed by atoms with Crippen molar-refractivity contribution in [1.82, 2.24) is 0 Å². The number of rotatable bonds is 2. The molecule has 0 fully saturated rings. The molecule has 20 heavy (non-hydrogen) atoms. The van der Waals surface area contributed by atoms with E-state index in [1.807, 2.05) is 0 Å². The van der Waals surface area contributed by atoms with E-state index in [0.29, 0.717) is 11.4 Å². The second-order valence-electron chi connectivity index (χ2n) is 4.14. The maximum atomic E-state index is 9.48. The molecule has 7 nitrogen and oxygen atoms in total. The molecule has 0 atom stereocenters. The van der Waals surface area contributed by atoms with Crippen molar-refractivity contribution in [1.29, 1.82) is 0 Å². The zero-order valence-corrected chi connectivity index (χ0v) is 10.5. The van der Waals surface area contributed by atoms with E-state index in [2.05, 4.69) is 10.3 Å². The zero-order valence-electron chi connectivity index (χ0n) is 10.5. The molecule has 9 N–H and O–H groups in total. The SMILES string of the molecule is NC(=Nc1ccc(N)c(O)c1)Nc1ccc(N)c(O)c1. The highest BCUT2D eigenvalue weighted by Crippen LogP contribution is 2.26. The van der Waals surface area contributed by atoms with Gasteiger partial charge >= 0.3 is 0 Å². The number of benzene rings is 2. The summed E-state index contributed by atoms with van der Waals surface area (Å²) in [5.74, 6) is -0.0181. The van der Waals surface area contributed by atoms with Crippen LogP contribution in [-0.2, 0) is 0 Å². The fourth-order valence-corrected chi connectivity index (χ4v) is 1.54. The molecule has 0 heterocycles. The third-order valence-corrected chi connectivity index (χ3v) is 2.57. The van der Waals surface area contributed by atoms with Crippen LogP contribution in [-0.4, -0.2) is 16.2 Å². The van der Waals surface area contributed by atoms with Crippen LogP contribution in [0.2, 0.25) is 0 Å². The fraction of sp³-hybridized carbons (Fsp3) is 0. The molecule has 0 aliphatic rings. The van der Waals surface area contributed by atoms with Gasteiger partial charge in [0, 0.05) is 17.8 Å². The minimum absolute atomic E-state index is 0.0482. The minimum atomic E-state index is -0.0656. The first-order chi connectivity index (χ1) is 9.45. The molecule has 2 aromatic carbocycles. The van der Waals surface area contributed by atoms with Crippen LogP contribution in [0.25, 0.3) is 0 Å². The average molecular weight is 273 g/mol. The number of phenols is 2. The standard InChI is InChI=1S/C13H15N5O2/c14-9-3-1-7(5-11(9)19)17-13(16)18-8-2-4-10(15)12(20)6-8/h1-6,19-20H,14-15H2,(H3,16,17,18). The predicted molar refractivity (Wildman–Crippen MR) is 79.9 cm³/mol. The van der Waals surface area contributed by atoms with Gasteiger partial charge in [-0.3, -0.25) is 0 Å². The number of hydrogen-bond acceptors (Lipinski definition) is 5. The summed E-state index contributed by atoms with van der Waals surface area (Å²) < 4.78 is 0. The molecule has 0 bridgehead atoms. The summed E-state index contributed by atoms with van der Waals surface area (Å²) >= 11 is 0. The van der Waals surface area contributed by atoms with E-state index in [1.165, 1.54) is 18.2 Å². The van der Waals surface area contributed by atoms with Gasteiger partial charge in [0.25, 0.3) is 0 Å². The van der Waals surface area contributed by atoms with Crippen LogP contribution in [0.5, 0.6) is 11.5 Å². The maximum absolute atomic E-state index is 9.48. The first kappa shape index (κ1) is 13.3. The van der Waals surface area contributed by atoms with Crippen molar-refractivity contribution in [2.45, 2.75) is 0 Å².